The Hall–Kier alpha value is -1.28. The standard InChI is InChI=1S/C11H15NO/c1-10-4-6-11(7-5-10)12-8-2-3-9-13/h2-7,12-13H,8-9H2,1H3/b3-2+. The van der Waals surface area contributed by atoms with E-state index in [1.54, 1.807) is 6.08 Å². The molecular formula is C11H15NO. The van der Waals surface area contributed by atoms with Gasteiger partial charge in [0, 0.05) is 12.2 Å². The van der Waals surface area contributed by atoms with Gasteiger partial charge in [-0.25, -0.2) is 0 Å². The average Bonchev–Trinajstić information content (AvgIpc) is 2.15. The van der Waals surface area contributed by atoms with Crippen LogP contribution in [0.5, 0.6) is 0 Å². The molecule has 1 aromatic carbocycles. The Morgan fingerprint density at radius 1 is 1.23 bits per heavy atom. The molecule has 2 N–H and O–H groups in total. The van der Waals surface area contributed by atoms with Crippen molar-refractivity contribution in [3.63, 3.8) is 0 Å². The summed E-state index contributed by atoms with van der Waals surface area (Å²) in [7, 11) is 0. The van der Waals surface area contributed by atoms with Crippen molar-refractivity contribution in [1.82, 2.24) is 0 Å². The van der Waals surface area contributed by atoms with Crippen molar-refractivity contribution in [2.45, 2.75) is 6.92 Å². The molecule has 0 spiro atoms. The van der Waals surface area contributed by atoms with E-state index in [4.69, 9.17) is 5.11 Å². The van der Waals surface area contributed by atoms with Crippen LogP contribution in [0.4, 0.5) is 5.69 Å². The highest BCUT2D eigenvalue weighted by atomic mass is 16.2. The summed E-state index contributed by atoms with van der Waals surface area (Å²) in [5, 5.41) is 11.7. The number of benzene rings is 1. The summed E-state index contributed by atoms with van der Waals surface area (Å²) < 4.78 is 0. The van der Waals surface area contributed by atoms with E-state index >= 15 is 0 Å². The lowest BCUT2D eigenvalue weighted by Gasteiger charge is -2.02. The van der Waals surface area contributed by atoms with E-state index < -0.39 is 0 Å². The fourth-order valence-corrected chi connectivity index (χ4v) is 1.01. The van der Waals surface area contributed by atoms with Crippen LogP contribution in [-0.2, 0) is 0 Å². The lowest BCUT2D eigenvalue weighted by Crippen LogP contribution is -1.97. The highest BCUT2D eigenvalue weighted by Crippen LogP contribution is 2.07. The van der Waals surface area contributed by atoms with Gasteiger partial charge in [-0.2, -0.15) is 0 Å². The van der Waals surface area contributed by atoms with Crippen LogP contribution in [0.25, 0.3) is 0 Å². The molecule has 0 aliphatic rings. The fourth-order valence-electron chi connectivity index (χ4n) is 1.01. The van der Waals surface area contributed by atoms with Gasteiger partial charge in [-0.15, -0.1) is 0 Å². The van der Waals surface area contributed by atoms with Gasteiger partial charge >= 0.3 is 0 Å². The first-order valence-corrected chi connectivity index (χ1v) is 4.39. The van der Waals surface area contributed by atoms with Crippen molar-refractivity contribution in [3.8, 4) is 0 Å². The predicted molar refractivity (Wildman–Crippen MR) is 55.9 cm³/mol. The molecule has 2 nitrogen and oxygen atoms in total. The van der Waals surface area contributed by atoms with E-state index in [2.05, 4.69) is 24.4 Å². The van der Waals surface area contributed by atoms with Crippen molar-refractivity contribution in [3.05, 3.63) is 42.0 Å². The van der Waals surface area contributed by atoms with E-state index in [0.717, 1.165) is 12.2 Å². The molecule has 0 saturated carbocycles. The zero-order chi connectivity index (χ0) is 9.52. The summed E-state index contributed by atoms with van der Waals surface area (Å²) in [6.07, 6.45) is 3.63. The third-order valence-corrected chi connectivity index (χ3v) is 1.75. The molecule has 0 heterocycles. The van der Waals surface area contributed by atoms with Crippen molar-refractivity contribution >= 4 is 5.69 Å². The summed E-state index contributed by atoms with van der Waals surface area (Å²) in [5.74, 6) is 0. The SMILES string of the molecule is Cc1ccc(NC/C=C/CO)cc1. The molecule has 0 bridgehead atoms. The summed E-state index contributed by atoms with van der Waals surface area (Å²) in [4.78, 5) is 0. The molecule has 0 unspecified atom stereocenters. The van der Waals surface area contributed by atoms with Crippen molar-refractivity contribution in [1.29, 1.82) is 0 Å². The first kappa shape index (κ1) is 9.81. The van der Waals surface area contributed by atoms with Crippen LogP contribution in [0.15, 0.2) is 36.4 Å². The molecule has 0 aliphatic carbocycles. The molecule has 13 heavy (non-hydrogen) atoms. The lowest BCUT2D eigenvalue weighted by molar-refractivity contribution is 0.342. The van der Waals surface area contributed by atoms with E-state index in [0.29, 0.717) is 0 Å². The predicted octanol–water partition coefficient (Wildman–Crippen LogP) is 1.96. The number of aryl methyl sites for hydroxylation is 1. The number of rotatable bonds is 4. The third kappa shape index (κ3) is 3.76. The Morgan fingerprint density at radius 2 is 1.92 bits per heavy atom. The summed E-state index contributed by atoms with van der Waals surface area (Å²) in [6.45, 7) is 2.93. The molecule has 0 amide bonds. The number of aliphatic hydroxyl groups is 1. The molecular weight excluding hydrogens is 162 g/mol. The maximum atomic E-state index is 8.49. The van der Waals surface area contributed by atoms with Gasteiger partial charge in [0.05, 0.1) is 6.61 Å². The minimum atomic E-state index is 0.107. The molecule has 2 heteroatoms. The van der Waals surface area contributed by atoms with Gasteiger partial charge in [0.1, 0.15) is 0 Å². The Balaban J connectivity index is 2.37. The summed E-state index contributed by atoms with van der Waals surface area (Å²) in [5.41, 5.74) is 2.37. The van der Waals surface area contributed by atoms with Crippen molar-refractivity contribution in [2.75, 3.05) is 18.5 Å². The van der Waals surface area contributed by atoms with Crippen LogP contribution in [0, 0.1) is 6.92 Å². The normalized spacial score (nSPS) is 10.6. The van der Waals surface area contributed by atoms with E-state index in [9.17, 15) is 0 Å². The molecule has 0 aromatic heterocycles. The summed E-state index contributed by atoms with van der Waals surface area (Å²) >= 11 is 0. The first-order valence-electron chi connectivity index (χ1n) is 4.39. The Morgan fingerprint density at radius 3 is 2.54 bits per heavy atom. The number of hydrogen-bond donors (Lipinski definition) is 2. The van der Waals surface area contributed by atoms with Crippen LogP contribution in [0.3, 0.4) is 0 Å². The summed E-state index contributed by atoms with van der Waals surface area (Å²) in [6, 6.07) is 8.22. The molecule has 0 fully saturated rings. The van der Waals surface area contributed by atoms with Crippen molar-refractivity contribution in [2.24, 2.45) is 0 Å². The maximum absolute atomic E-state index is 8.49. The highest BCUT2D eigenvalue weighted by molar-refractivity contribution is 5.44. The van der Waals surface area contributed by atoms with E-state index in [1.807, 2.05) is 18.2 Å². The largest absolute Gasteiger partial charge is 0.392 e. The van der Waals surface area contributed by atoms with Gasteiger partial charge in [0.25, 0.3) is 0 Å². The minimum absolute atomic E-state index is 0.107. The molecule has 1 rings (SSSR count). The maximum Gasteiger partial charge on any atom is 0.0613 e. The van der Waals surface area contributed by atoms with Gasteiger partial charge < -0.3 is 10.4 Å². The van der Waals surface area contributed by atoms with Gasteiger partial charge in [-0.05, 0) is 19.1 Å². The Labute approximate surface area is 78.9 Å². The van der Waals surface area contributed by atoms with Crippen LogP contribution in [-0.4, -0.2) is 18.3 Å². The van der Waals surface area contributed by atoms with Crippen molar-refractivity contribution < 1.29 is 5.11 Å². The van der Waals surface area contributed by atoms with E-state index in [-0.39, 0.29) is 6.61 Å². The van der Waals surface area contributed by atoms with Crippen LogP contribution in [0.2, 0.25) is 0 Å². The second kappa shape index (κ2) is 5.38. The molecule has 0 atom stereocenters. The minimum Gasteiger partial charge on any atom is -0.392 e. The number of anilines is 1. The smallest absolute Gasteiger partial charge is 0.0613 e. The number of aliphatic hydroxyl groups excluding tert-OH is 1. The molecule has 1 aromatic rings. The number of hydrogen-bond acceptors (Lipinski definition) is 2. The quantitative estimate of drug-likeness (QED) is 0.689. The number of nitrogens with one attached hydrogen (secondary N) is 1. The molecule has 0 aliphatic heterocycles. The highest BCUT2D eigenvalue weighted by Gasteiger charge is 1.87. The monoisotopic (exact) mass is 177 g/mol. The lowest BCUT2D eigenvalue weighted by atomic mass is 10.2. The van der Waals surface area contributed by atoms with Gasteiger partial charge in [-0.1, -0.05) is 29.8 Å². The van der Waals surface area contributed by atoms with Gasteiger partial charge in [0.2, 0.25) is 0 Å². The van der Waals surface area contributed by atoms with Gasteiger partial charge in [0.15, 0.2) is 0 Å². The molecule has 0 radical (unpaired) electrons. The Kier molecular flexibility index (Phi) is 4.06. The van der Waals surface area contributed by atoms with Crippen LogP contribution in [0.1, 0.15) is 5.56 Å². The molecule has 70 valence electrons. The average molecular weight is 177 g/mol. The first-order chi connectivity index (χ1) is 6.33. The van der Waals surface area contributed by atoms with Gasteiger partial charge in [-0.3, -0.25) is 0 Å². The zero-order valence-corrected chi connectivity index (χ0v) is 7.83. The Bertz CT molecular complexity index is 264. The topological polar surface area (TPSA) is 32.3 Å². The van der Waals surface area contributed by atoms with Crippen LogP contribution < -0.4 is 5.32 Å². The fraction of sp³-hybridized carbons (Fsp3) is 0.273. The second-order valence-corrected chi connectivity index (χ2v) is 2.90. The third-order valence-electron chi connectivity index (χ3n) is 1.75. The van der Waals surface area contributed by atoms with E-state index in [1.165, 1.54) is 5.56 Å². The second-order valence-electron chi connectivity index (χ2n) is 2.90. The zero-order valence-electron chi connectivity index (χ0n) is 7.83. The molecule has 0 saturated heterocycles. The van der Waals surface area contributed by atoms with Crippen LogP contribution >= 0.6 is 0 Å².